The van der Waals surface area contributed by atoms with Gasteiger partial charge in [-0.05, 0) is 86.5 Å². The second kappa shape index (κ2) is 10.1. The van der Waals surface area contributed by atoms with Crippen molar-refractivity contribution in [2.45, 2.75) is 47.0 Å². The zero-order valence-electron chi connectivity index (χ0n) is 19.4. The number of hydrogen-bond acceptors (Lipinski definition) is 3. The van der Waals surface area contributed by atoms with E-state index in [1.807, 2.05) is 62.9 Å². The van der Waals surface area contributed by atoms with Crippen molar-refractivity contribution >= 4 is 11.5 Å². The zero-order chi connectivity index (χ0) is 22.4. The largest absolute Gasteiger partial charge is 0.507 e. The van der Waals surface area contributed by atoms with Crippen LogP contribution in [0.15, 0.2) is 48.5 Å². The quantitative estimate of drug-likeness (QED) is 0.709. The summed E-state index contributed by atoms with van der Waals surface area (Å²) in [6, 6.07) is 13.7. The number of hydrogen-bond donors (Lipinski definition) is 2. The Balaban J connectivity index is 0.00000132. The van der Waals surface area contributed by atoms with Gasteiger partial charge >= 0.3 is 0 Å². The molecule has 1 aliphatic carbocycles. The van der Waals surface area contributed by atoms with E-state index < -0.39 is 0 Å². The summed E-state index contributed by atoms with van der Waals surface area (Å²) in [6.45, 7) is 11.5. The fourth-order valence-electron chi connectivity index (χ4n) is 4.81. The third-order valence-corrected chi connectivity index (χ3v) is 6.48. The molecule has 2 aromatic rings. The molecule has 1 fully saturated rings. The molecular formula is C27H36N2O2. The number of nitrogens with zero attached hydrogens (tertiary/aromatic N) is 1. The Hall–Kier alpha value is -2.59. The molecule has 1 aliphatic heterocycles. The first kappa shape index (κ1) is 23.1. The number of fused-ring (bicyclic) bond motifs is 1. The molecule has 4 nitrogen and oxygen atoms in total. The summed E-state index contributed by atoms with van der Waals surface area (Å²) in [5.41, 5.74) is 5.15. The van der Waals surface area contributed by atoms with Gasteiger partial charge in [0.05, 0.1) is 0 Å². The van der Waals surface area contributed by atoms with Gasteiger partial charge < -0.3 is 15.3 Å². The SMILES string of the molecule is CC.CCN(CC)C(=O)c1ccc(C2=CC3(CCNCC3)Cc3cccc(O)c32)cc1. The molecule has 2 N–H and O–H groups in total. The molecule has 2 aromatic carbocycles. The molecule has 0 aromatic heterocycles. The van der Waals surface area contributed by atoms with Crippen molar-refractivity contribution in [3.8, 4) is 5.75 Å². The maximum atomic E-state index is 12.7. The van der Waals surface area contributed by atoms with E-state index in [0.717, 1.165) is 49.1 Å². The van der Waals surface area contributed by atoms with Crippen molar-refractivity contribution in [3.05, 3.63) is 70.8 Å². The second-order valence-electron chi connectivity index (χ2n) is 8.21. The highest BCUT2D eigenvalue weighted by Crippen LogP contribution is 2.47. The molecule has 0 bridgehead atoms. The maximum absolute atomic E-state index is 12.7. The Morgan fingerprint density at radius 3 is 2.29 bits per heavy atom. The normalized spacial score (nSPS) is 16.6. The first-order valence-corrected chi connectivity index (χ1v) is 11.7. The molecule has 0 radical (unpaired) electrons. The summed E-state index contributed by atoms with van der Waals surface area (Å²) in [4.78, 5) is 14.5. The van der Waals surface area contributed by atoms with Crippen LogP contribution in [0.2, 0.25) is 0 Å². The summed E-state index contributed by atoms with van der Waals surface area (Å²) < 4.78 is 0. The third-order valence-electron chi connectivity index (χ3n) is 6.48. The second-order valence-corrected chi connectivity index (χ2v) is 8.21. The summed E-state index contributed by atoms with van der Waals surface area (Å²) >= 11 is 0. The van der Waals surface area contributed by atoms with E-state index in [1.165, 1.54) is 5.56 Å². The molecule has 31 heavy (non-hydrogen) atoms. The smallest absolute Gasteiger partial charge is 0.253 e. The van der Waals surface area contributed by atoms with Crippen molar-refractivity contribution in [2.75, 3.05) is 26.2 Å². The molecule has 166 valence electrons. The molecule has 2 aliphatic rings. The highest BCUT2D eigenvalue weighted by molar-refractivity contribution is 5.95. The van der Waals surface area contributed by atoms with Crippen molar-refractivity contribution in [2.24, 2.45) is 5.41 Å². The third kappa shape index (κ3) is 4.69. The lowest BCUT2D eigenvalue weighted by molar-refractivity contribution is 0.0773. The summed E-state index contributed by atoms with van der Waals surface area (Å²) in [6.07, 6.45) is 5.56. The van der Waals surface area contributed by atoms with Crippen molar-refractivity contribution in [1.29, 1.82) is 0 Å². The van der Waals surface area contributed by atoms with Gasteiger partial charge in [-0.2, -0.15) is 0 Å². The lowest BCUT2D eigenvalue weighted by atomic mass is 9.67. The first-order valence-electron chi connectivity index (χ1n) is 11.7. The highest BCUT2D eigenvalue weighted by atomic mass is 16.3. The molecule has 1 amide bonds. The van der Waals surface area contributed by atoms with E-state index >= 15 is 0 Å². The number of allylic oxidation sites excluding steroid dienone is 1. The van der Waals surface area contributed by atoms with Gasteiger partial charge in [0.2, 0.25) is 0 Å². The molecule has 0 saturated carbocycles. The van der Waals surface area contributed by atoms with Gasteiger partial charge in [0, 0.05) is 24.2 Å². The van der Waals surface area contributed by atoms with Crippen LogP contribution < -0.4 is 5.32 Å². The van der Waals surface area contributed by atoms with E-state index in [-0.39, 0.29) is 11.3 Å². The number of carbonyl (C=O) groups is 1. The van der Waals surface area contributed by atoms with E-state index in [4.69, 9.17) is 0 Å². The summed E-state index contributed by atoms with van der Waals surface area (Å²) in [5.74, 6) is 0.401. The van der Waals surface area contributed by atoms with Crippen LogP contribution in [0.3, 0.4) is 0 Å². The van der Waals surface area contributed by atoms with Gasteiger partial charge in [-0.15, -0.1) is 0 Å². The predicted molar refractivity (Wildman–Crippen MR) is 128 cm³/mol. The minimum atomic E-state index is 0.0669. The fraction of sp³-hybridized carbons (Fsp3) is 0.444. The minimum absolute atomic E-state index is 0.0669. The van der Waals surface area contributed by atoms with Gasteiger partial charge in [0.25, 0.3) is 5.91 Å². The van der Waals surface area contributed by atoms with Crippen LogP contribution >= 0.6 is 0 Å². The Morgan fingerprint density at radius 2 is 1.68 bits per heavy atom. The lowest BCUT2D eigenvalue weighted by Crippen LogP contribution is -2.38. The highest BCUT2D eigenvalue weighted by Gasteiger charge is 2.36. The number of phenolic OH excluding ortho intramolecular Hbond substituents is 1. The molecule has 1 heterocycles. The summed E-state index contributed by atoms with van der Waals surface area (Å²) in [7, 11) is 0. The molecule has 1 spiro atoms. The van der Waals surface area contributed by atoms with Gasteiger partial charge in [-0.3, -0.25) is 4.79 Å². The molecule has 1 saturated heterocycles. The van der Waals surface area contributed by atoms with Crippen LogP contribution in [0, 0.1) is 5.41 Å². The van der Waals surface area contributed by atoms with Crippen LogP contribution in [-0.4, -0.2) is 42.1 Å². The Kier molecular flexibility index (Phi) is 7.55. The first-order chi connectivity index (χ1) is 15.1. The lowest BCUT2D eigenvalue weighted by Gasteiger charge is -2.40. The fourth-order valence-corrected chi connectivity index (χ4v) is 4.81. The number of rotatable bonds is 4. The van der Waals surface area contributed by atoms with E-state index in [2.05, 4.69) is 17.5 Å². The topological polar surface area (TPSA) is 52.6 Å². The number of phenols is 1. The van der Waals surface area contributed by atoms with Crippen LogP contribution in [0.25, 0.3) is 5.57 Å². The van der Waals surface area contributed by atoms with Crippen molar-refractivity contribution in [1.82, 2.24) is 10.2 Å². The van der Waals surface area contributed by atoms with Crippen LogP contribution in [0.4, 0.5) is 0 Å². The monoisotopic (exact) mass is 420 g/mol. The van der Waals surface area contributed by atoms with E-state index in [0.29, 0.717) is 24.4 Å². The molecule has 0 unspecified atom stereocenters. The molecule has 4 rings (SSSR count). The Morgan fingerprint density at radius 1 is 1.03 bits per heavy atom. The van der Waals surface area contributed by atoms with Crippen molar-refractivity contribution < 1.29 is 9.90 Å². The predicted octanol–water partition coefficient (Wildman–Crippen LogP) is 5.26. The Bertz CT molecular complexity index is 921. The summed E-state index contributed by atoms with van der Waals surface area (Å²) in [5, 5.41) is 14.1. The average molecular weight is 421 g/mol. The standard InChI is InChI=1S/C25H30N2O2.C2H6/c1-3-27(4-2)24(29)19-10-8-18(9-11-19)21-17-25(12-14-26-15-13-25)16-20-6-5-7-22(28)23(20)21;1-2/h5-11,17,26,28H,3-4,12-16H2,1-2H3;1-2H3. The zero-order valence-corrected chi connectivity index (χ0v) is 19.4. The van der Waals surface area contributed by atoms with E-state index in [9.17, 15) is 9.90 Å². The van der Waals surface area contributed by atoms with Gasteiger partial charge in [-0.1, -0.05) is 44.2 Å². The van der Waals surface area contributed by atoms with E-state index in [1.54, 1.807) is 6.07 Å². The number of piperidine rings is 1. The number of nitrogens with one attached hydrogen (secondary N) is 1. The average Bonchev–Trinajstić information content (AvgIpc) is 2.81. The van der Waals surface area contributed by atoms with Gasteiger partial charge in [0.15, 0.2) is 0 Å². The van der Waals surface area contributed by atoms with Crippen molar-refractivity contribution in [3.63, 3.8) is 0 Å². The Labute approximate surface area is 187 Å². The molecular weight excluding hydrogens is 384 g/mol. The maximum Gasteiger partial charge on any atom is 0.253 e. The number of amides is 1. The number of aromatic hydroxyl groups is 1. The van der Waals surface area contributed by atoms with Crippen LogP contribution in [-0.2, 0) is 6.42 Å². The van der Waals surface area contributed by atoms with Gasteiger partial charge in [0.1, 0.15) is 5.75 Å². The number of benzene rings is 2. The molecule has 0 atom stereocenters. The minimum Gasteiger partial charge on any atom is -0.507 e. The number of carbonyl (C=O) groups excluding carboxylic acids is 1. The van der Waals surface area contributed by atoms with Gasteiger partial charge in [-0.25, -0.2) is 0 Å². The molecule has 4 heteroatoms. The van der Waals surface area contributed by atoms with Crippen LogP contribution in [0.5, 0.6) is 5.75 Å². The van der Waals surface area contributed by atoms with Crippen LogP contribution in [0.1, 0.15) is 67.6 Å².